The number of thiophene rings is 1. The van der Waals surface area contributed by atoms with Crippen molar-refractivity contribution in [1.29, 1.82) is 0 Å². The van der Waals surface area contributed by atoms with Crippen molar-refractivity contribution in [1.82, 2.24) is 10.2 Å². The van der Waals surface area contributed by atoms with E-state index in [9.17, 15) is 9.59 Å². The first kappa shape index (κ1) is 17.7. The highest BCUT2D eigenvalue weighted by Crippen LogP contribution is 2.25. The van der Waals surface area contributed by atoms with E-state index in [0.29, 0.717) is 13.1 Å². The van der Waals surface area contributed by atoms with Crippen molar-refractivity contribution in [2.24, 2.45) is 5.92 Å². The predicted octanol–water partition coefficient (Wildman–Crippen LogP) is 3.79. The molecule has 5 heteroatoms. The summed E-state index contributed by atoms with van der Waals surface area (Å²) in [6, 6.07) is 12.1. The van der Waals surface area contributed by atoms with Gasteiger partial charge in [-0.05, 0) is 42.0 Å². The van der Waals surface area contributed by atoms with Gasteiger partial charge in [0.05, 0.1) is 0 Å². The maximum Gasteiger partial charge on any atom is 0.253 e. The summed E-state index contributed by atoms with van der Waals surface area (Å²) >= 11 is 1.70. The zero-order chi connectivity index (χ0) is 17.8. The number of amides is 2. The average molecular weight is 356 g/mol. The van der Waals surface area contributed by atoms with Crippen LogP contribution in [0.15, 0.2) is 41.8 Å². The van der Waals surface area contributed by atoms with E-state index in [0.717, 1.165) is 24.0 Å². The molecule has 1 aliphatic rings. The fraction of sp³-hybridized carbons (Fsp3) is 0.400. The van der Waals surface area contributed by atoms with Crippen LogP contribution in [0.3, 0.4) is 0 Å². The Morgan fingerprint density at radius 1 is 1.12 bits per heavy atom. The Labute approximate surface area is 152 Å². The molecule has 0 atom stereocenters. The summed E-state index contributed by atoms with van der Waals surface area (Å²) in [7, 11) is 0. The van der Waals surface area contributed by atoms with Gasteiger partial charge in [0.15, 0.2) is 0 Å². The lowest BCUT2D eigenvalue weighted by atomic mass is 10.0. The second kappa shape index (κ2) is 7.83. The molecule has 0 radical (unpaired) electrons. The lowest BCUT2D eigenvalue weighted by Crippen LogP contribution is -2.47. The largest absolute Gasteiger partial charge is 0.353 e. The molecule has 1 saturated heterocycles. The Morgan fingerprint density at radius 3 is 2.36 bits per heavy atom. The van der Waals surface area contributed by atoms with E-state index < -0.39 is 0 Å². The van der Waals surface area contributed by atoms with Crippen LogP contribution >= 0.6 is 11.3 Å². The first-order chi connectivity index (χ1) is 12.0. The van der Waals surface area contributed by atoms with Gasteiger partial charge in [-0.25, -0.2) is 0 Å². The van der Waals surface area contributed by atoms with Gasteiger partial charge in [-0.2, -0.15) is 0 Å². The average Bonchev–Trinajstić information content (AvgIpc) is 3.16. The first-order valence-electron chi connectivity index (χ1n) is 8.78. The van der Waals surface area contributed by atoms with Gasteiger partial charge in [-0.1, -0.05) is 32.0 Å². The van der Waals surface area contributed by atoms with Crippen molar-refractivity contribution in [3.8, 4) is 10.4 Å². The third-order valence-electron chi connectivity index (χ3n) is 4.59. The Kier molecular flexibility index (Phi) is 5.53. The van der Waals surface area contributed by atoms with Gasteiger partial charge in [0.1, 0.15) is 0 Å². The molecule has 2 amide bonds. The van der Waals surface area contributed by atoms with Crippen molar-refractivity contribution < 1.29 is 9.59 Å². The van der Waals surface area contributed by atoms with E-state index in [1.54, 1.807) is 11.3 Å². The summed E-state index contributed by atoms with van der Waals surface area (Å²) < 4.78 is 0. The van der Waals surface area contributed by atoms with Crippen molar-refractivity contribution >= 4 is 23.2 Å². The van der Waals surface area contributed by atoms with Crippen LogP contribution in [0.1, 0.15) is 37.0 Å². The molecule has 0 spiro atoms. The number of piperidine rings is 1. The number of nitrogens with one attached hydrogen (secondary N) is 1. The summed E-state index contributed by atoms with van der Waals surface area (Å²) in [5, 5.41) is 5.12. The lowest BCUT2D eigenvalue weighted by Gasteiger charge is -2.32. The molecule has 2 aromatic rings. The molecule has 2 heterocycles. The molecule has 25 heavy (non-hydrogen) atoms. The number of hydrogen-bond donors (Lipinski definition) is 1. The van der Waals surface area contributed by atoms with Crippen LogP contribution in [0.2, 0.25) is 0 Å². The molecule has 1 fully saturated rings. The molecule has 1 aromatic heterocycles. The smallest absolute Gasteiger partial charge is 0.253 e. The Hall–Kier alpha value is -2.14. The Balaban J connectivity index is 1.56. The topological polar surface area (TPSA) is 49.4 Å². The summed E-state index contributed by atoms with van der Waals surface area (Å²) in [4.78, 5) is 27.6. The SMILES string of the molecule is CC(C)C(=O)NC1CCN(C(=O)c2ccc(-c3cccs3)cc2)CC1. The highest BCUT2D eigenvalue weighted by Gasteiger charge is 2.25. The van der Waals surface area contributed by atoms with Crippen LogP contribution in [-0.2, 0) is 4.79 Å². The number of carbonyl (C=O) groups excluding carboxylic acids is 2. The quantitative estimate of drug-likeness (QED) is 0.906. The molecule has 1 aromatic carbocycles. The van der Waals surface area contributed by atoms with E-state index in [1.807, 2.05) is 49.1 Å². The van der Waals surface area contributed by atoms with E-state index >= 15 is 0 Å². The van der Waals surface area contributed by atoms with Crippen molar-refractivity contribution in [3.05, 3.63) is 47.3 Å². The molecular weight excluding hydrogens is 332 g/mol. The van der Waals surface area contributed by atoms with Crippen LogP contribution < -0.4 is 5.32 Å². The molecule has 0 bridgehead atoms. The maximum atomic E-state index is 12.7. The van der Waals surface area contributed by atoms with Gasteiger partial charge in [0, 0.05) is 35.5 Å². The van der Waals surface area contributed by atoms with Gasteiger partial charge in [-0.15, -0.1) is 11.3 Å². The van der Waals surface area contributed by atoms with Crippen LogP contribution in [0.25, 0.3) is 10.4 Å². The summed E-state index contributed by atoms with van der Waals surface area (Å²) in [6.07, 6.45) is 1.63. The van der Waals surface area contributed by atoms with Crippen LogP contribution in [0, 0.1) is 5.92 Å². The Bertz CT molecular complexity index is 715. The van der Waals surface area contributed by atoms with Crippen molar-refractivity contribution in [2.45, 2.75) is 32.7 Å². The number of nitrogens with zero attached hydrogens (tertiary/aromatic N) is 1. The number of benzene rings is 1. The molecule has 132 valence electrons. The maximum absolute atomic E-state index is 12.7. The van der Waals surface area contributed by atoms with Crippen LogP contribution in [0.5, 0.6) is 0 Å². The first-order valence-corrected chi connectivity index (χ1v) is 9.66. The minimum atomic E-state index is 0.00141. The third-order valence-corrected chi connectivity index (χ3v) is 5.51. The molecule has 1 N–H and O–H groups in total. The van der Waals surface area contributed by atoms with Gasteiger partial charge < -0.3 is 10.2 Å². The van der Waals surface area contributed by atoms with E-state index in [1.165, 1.54) is 4.88 Å². The third kappa shape index (κ3) is 4.28. The standard InChI is InChI=1S/C20H24N2O2S/c1-14(2)19(23)21-17-9-11-22(12-10-17)20(24)16-7-5-15(6-8-16)18-4-3-13-25-18/h3-8,13-14,17H,9-12H2,1-2H3,(H,21,23). The summed E-state index contributed by atoms with van der Waals surface area (Å²) in [6.45, 7) is 5.17. The summed E-state index contributed by atoms with van der Waals surface area (Å²) in [5.41, 5.74) is 1.87. The number of hydrogen-bond acceptors (Lipinski definition) is 3. The zero-order valence-electron chi connectivity index (χ0n) is 14.7. The molecule has 0 aliphatic carbocycles. The zero-order valence-corrected chi connectivity index (χ0v) is 15.5. The predicted molar refractivity (Wildman–Crippen MR) is 102 cm³/mol. The van der Waals surface area contributed by atoms with Gasteiger partial charge in [0.25, 0.3) is 5.91 Å². The Morgan fingerprint density at radius 2 is 1.80 bits per heavy atom. The monoisotopic (exact) mass is 356 g/mol. The lowest BCUT2D eigenvalue weighted by molar-refractivity contribution is -0.124. The number of rotatable bonds is 4. The molecule has 1 aliphatic heterocycles. The van der Waals surface area contributed by atoms with Gasteiger partial charge in [-0.3, -0.25) is 9.59 Å². The second-order valence-corrected chi connectivity index (χ2v) is 7.73. The number of likely N-dealkylation sites (tertiary alicyclic amines) is 1. The fourth-order valence-electron chi connectivity index (χ4n) is 3.00. The van der Waals surface area contributed by atoms with Crippen LogP contribution in [-0.4, -0.2) is 35.8 Å². The van der Waals surface area contributed by atoms with E-state index in [2.05, 4.69) is 16.8 Å². The highest BCUT2D eigenvalue weighted by atomic mass is 32.1. The molecular formula is C20H24N2O2S. The molecule has 3 rings (SSSR count). The van der Waals surface area contributed by atoms with Crippen LogP contribution in [0.4, 0.5) is 0 Å². The van der Waals surface area contributed by atoms with Crippen molar-refractivity contribution in [2.75, 3.05) is 13.1 Å². The number of carbonyl (C=O) groups is 2. The summed E-state index contributed by atoms with van der Waals surface area (Å²) in [5.74, 6) is 0.168. The highest BCUT2D eigenvalue weighted by molar-refractivity contribution is 7.13. The van der Waals surface area contributed by atoms with Gasteiger partial charge >= 0.3 is 0 Å². The van der Waals surface area contributed by atoms with E-state index in [4.69, 9.17) is 0 Å². The minimum Gasteiger partial charge on any atom is -0.353 e. The second-order valence-electron chi connectivity index (χ2n) is 6.78. The normalized spacial score (nSPS) is 15.4. The molecule has 0 unspecified atom stereocenters. The molecule has 0 saturated carbocycles. The van der Waals surface area contributed by atoms with Crippen molar-refractivity contribution in [3.63, 3.8) is 0 Å². The molecule has 4 nitrogen and oxygen atoms in total. The minimum absolute atomic E-state index is 0.00141. The van der Waals surface area contributed by atoms with Gasteiger partial charge in [0.2, 0.25) is 5.91 Å². The fourth-order valence-corrected chi connectivity index (χ4v) is 3.73. The van der Waals surface area contributed by atoms with E-state index in [-0.39, 0.29) is 23.8 Å².